The molecule has 0 aliphatic carbocycles. The molecule has 0 amide bonds. The monoisotopic (exact) mass is 291 g/mol. The van der Waals surface area contributed by atoms with Gasteiger partial charge in [0.1, 0.15) is 11.6 Å². The number of amidine groups is 1. The van der Waals surface area contributed by atoms with E-state index in [1.165, 1.54) is 18.2 Å². The van der Waals surface area contributed by atoms with Crippen molar-refractivity contribution in [2.45, 2.75) is 6.54 Å². The molecular weight excluding hydrogens is 276 g/mol. The molecule has 0 saturated heterocycles. The van der Waals surface area contributed by atoms with Gasteiger partial charge in [-0.15, -0.1) is 0 Å². The first kappa shape index (κ1) is 14.8. The fourth-order valence-electron chi connectivity index (χ4n) is 2.08. The molecule has 2 aromatic rings. The second-order valence-electron chi connectivity index (χ2n) is 4.60. The van der Waals surface area contributed by atoms with Crippen LogP contribution in [0.25, 0.3) is 0 Å². The Morgan fingerprint density at radius 1 is 1.19 bits per heavy atom. The van der Waals surface area contributed by atoms with Crippen LogP contribution in [-0.4, -0.2) is 18.1 Å². The van der Waals surface area contributed by atoms with Crippen LogP contribution in [0.2, 0.25) is 0 Å². The van der Waals surface area contributed by atoms with Crippen molar-refractivity contribution < 1.29 is 14.0 Å². The van der Waals surface area contributed by atoms with Gasteiger partial charge >= 0.3 is 0 Å². The minimum absolute atomic E-state index is 0.0320. The van der Waals surface area contributed by atoms with E-state index in [1.807, 2.05) is 0 Å². The summed E-state index contributed by atoms with van der Waals surface area (Å²) in [7, 11) is 1.74. The fourth-order valence-corrected chi connectivity index (χ4v) is 2.08. The van der Waals surface area contributed by atoms with Crippen molar-refractivity contribution in [3.63, 3.8) is 0 Å². The van der Waals surface area contributed by atoms with Gasteiger partial charge in [-0.1, -0.05) is 23.4 Å². The number of halogens is 2. The minimum Gasteiger partial charge on any atom is -0.409 e. The molecule has 0 fully saturated rings. The molecule has 0 radical (unpaired) electrons. The third kappa shape index (κ3) is 3.28. The zero-order chi connectivity index (χ0) is 15.4. The second-order valence-corrected chi connectivity index (χ2v) is 4.60. The highest BCUT2D eigenvalue weighted by Gasteiger charge is 2.16. The fraction of sp³-hybridized carbons (Fsp3) is 0.133. The number of nitrogens with zero attached hydrogens (tertiary/aromatic N) is 2. The van der Waals surface area contributed by atoms with Gasteiger partial charge in [0, 0.05) is 13.6 Å². The number of benzene rings is 2. The molecule has 0 heterocycles. The first-order chi connectivity index (χ1) is 10.0. The smallest absolute Gasteiger partial charge is 0.175 e. The van der Waals surface area contributed by atoms with Crippen molar-refractivity contribution in [3.8, 4) is 0 Å². The quantitative estimate of drug-likeness (QED) is 0.394. The van der Waals surface area contributed by atoms with E-state index in [1.54, 1.807) is 36.2 Å². The van der Waals surface area contributed by atoms with Gasteiger partial charge < -0.3 is 15.8 Å². The zero-order valence-electron chi connectivity index (χ0n) is 11.4. The van der Waals surface area contributed by atoms with Crippen LogP contribution in [-0.2, 0) is 6.54 Å². The number of rotatable bonds is 4. The summed E-state index contributed by atoms with van der Waals surface area (Å²) in [5, 5.41) is 11.6. The zero-order valence-corrected chi connectivity index (χ0v) is 11.4. The van der Waals surface area contributed by atoms with Crippen molar-refractivity contribution in [3.05, 3.63) is 65.2 Å². The molecule has 21 heavy (non-hydrogen) atoms. The normalized spacial score (nSPS) is 11.5. The van der Waals surface area contributed by atoms with Crippen LogP contribution in [0.1, 0.15) is 11.1 Å². The molecule has 110 valence electrons. The van der Waals surface area contributed by atoms with Gasteiger partial charge in [0.15, 0.2) is 5.84 Å². The van der Waals surface area contributed by atoms with Gasteiger partial charge in [-0.05, 0) is 29.8 Å². The summed E-state index contributed by atoms with van der Waals surface area (Å²) in [6.07, 6.45) is 0. The third-order valence-corrected chi connectivity index (χ3v) is 3.10. The Balaban J connectivity index is 2.33. The summed E-state index contributed by atoms with van der Waals surface area (Å²) in [6, 6.07) is 10.5. The summed E-state index contributed by atoms with van der Waals surface area (Å²) in [5.41, 5.74) is 6.90. The Bertz CT molecular complexity index is 656. The second kappa shape index (κ2) is 6.21. The molecule has 0 aliphatic rings. The molecule has 0 unspecified atom stereocenters. The van der Waals surface area contributed by atoms with Crippen molar-refractivity contribution in [2.75, 3.05) is 11.9 Å². The molecule has 0 aliphatic heterocycles. The van der Waals surface area contributed by atoms with Crippen molar-refractivity contribution >= 4 is 11.5 Å². The van der Waals surface area contributed by atoms with Gasteiger partial charge in [0.25, 0.3) is 0 Å². The van der Waals surface area contributed by atoms with E-state index in [-0.39, 0.29) is 17.2 Å². The van der Waals surface area contributed by atoms with E-state index in [4.69, 9.17) is 10.9 Å². The molecule has 0 spiro atoms. The molecule has 3 N–H and O–H groups in total. The molecular formula is C15H15F2N3O. The summed E-state index contributed by atoms with van der Waals surface area (Å²) in [5.74, 6) is -1.19. The predicted octanol–water partition coefficient (Wildman–Crippen LogP) is 2.70. The SMILES string of the molecule is CN(Cc1ccc(F)cc1)c1cccc(F)c1C(N)=NO. The molecule has 0 aromatic heterocycles. The van der Waals surface area contributed by atoms with Crippen molar-refractivity contribution in [1.82, 2.24) is 0 Å². The lowest BCUT2D eigenvalue weighted by Crippen LogP contribution is -2.23. The number of hydrogen-bond donors (Lipinski definition) is 2. The topological polar surface area (TPSA) is 61.8 Å². The summed E-state index contributed by atoms with van der Waals surface area (Å²) in [4.78, 5) is 1.74. The van der Waals surface area contributed by atoms with E-state index in [0.29, 0.717) is 12.2 Å². The predicted molar refractivity (Wildman–Crippen MR) is 77.4 cm³/mol. The maximum Gasteiger partial charge on any atom is 0.175 e. The molecule has 0 saturated carbocycles. The van der Waals surface area contributed by atoms with Crippen molar-refractivity contribution in [1.29, 1.82) is 0 Å². The number of hydrogen-bond acceptors (Lipinski definition) is 3. The summed E-state index contributed by atoms with van der Waals surface area (Å²) in [6.45, 7) is 0.426. The van der Waals surface area contributed by atoms with Gasteiger partial charge in [-0.25, -0.2) is 8.78 Å². The van der Waals surface area contributed by atoms with Gasteiger partial charge in [-0.2, -0.15) is 0 Å². The van der Waals surface area contributed by atoms with E-state index in [9.17, 15) is 8.78 Å². The average molecular weight is 291 g/mol. The largest absolute Gasteiger partial charge is 0.409 e. The van der Waals surface area contributed by atoms with E-state index in [0.717, 1.165) is 5.56 Å². The highest BCUT2D eigenvalue weighted by molar-refractivity contribution is 6.02. The number of anilines is 1. The van der Waals surface area contributed by atoms with Crippen LogP contribution >= 0.6 is 0 Å². The van der Waals surface area contributed by atoms with Crippen LogP contribution in [0.3, 0.4) is 0 Å². The standard InChI is InChI=1S/C15H15F2N3O/c1-20(9-10-5-7-11(16)8-6-10)13-4-2-3-12(17)14(13)15(18)19-21/h2-8,21H,9H2,1H3,(H2,18,19). The summed E-state index contributed by atoms with van der Waals surface area (Å²) < 4.78 is 26.8. The van der Waals surface area contributed by atoms with Crippen LogP contribution in [0.5, 0.6) is 0 Å². The minimum atomic E-state index is -0.575. The average Bonchev–Trinajstić information content (AvgIpc) is 2.48. The molecule has 2 rings (SSSR count). The van der Waals surface area contributed by atoms with Gasteiger partial charge in [0.05, 0.1) is 11.3 Å². The Labute approximate surface area is 121 Å². The first-order valence-electron chi connectivity index (χ1n) is 6.25. The maximum atomic E-state index is 13.9. The molecule has 2 aromatic carbocycles. The number of oxime groups is 1. The summed E-state index contributed by atoms with van der Waals surface area (Å²) >= 11 is 0. The van der Waals surface area contributed by atoms with E-state index in [2.05, 4.69) is 5.16 Å². The lowest BCUT2D eigenvalue weighted by Gasteiger charge is -2.22. The van der Waals surface area contributed by atoms with Crippen LogP contribution in [0.4, 0.5) is 14.5 Å². The van der Waals surface area contributed by atoms with Crippen LogP contribution in [0, 0.1) is 11.6 Å². The van der Waals surface area contributed by atoms with Gasteiger partial charge in [0.2, 0.25) is 0 Å². The first-order valence-corrected chi connectivity index (χ1v) is 6.25. The van der Waals surface area contributed by atoms with Crippen molar-refractivity contribution in [2.24, 2.45) is 10.9 Å². The van der Waals surface area contributed by atoms with Gasteiger partial charge in [-0.3, -0.25) is 0 Å². The highest BCUT2D eigenvalue weighted by atomic mass is 19.1. The Hall–Kier alpha value is -2.63. The van der Waals surface area contributed by atoms with Crippen LogP contribution < -0.4 is 10.6 Å². The molecule has 0 bridgehead atoms. The lowest BCUT2D eigenvalue weighted by molar-refractivity contribution is 0.318. The van der Waals surface area contributed by atoms with E-state index >= 15 is 0 Å². The molecule has 0 atom stereocenters. The van der Waals surface area contributed by atoms with Crippen LogP contribution in [0.15, 0.2) is 47.6 Å². The lowest BCUT2D eigenvalue weighted by atomic mass is 10.1. The number of nitrogens with two attached hydrogens (primary N) is 1. The Morgan fingerprint density at radius 2 is 1.86 bits per heavy atom. The Morgan fingerprint density at radius 3 is 2.48 bits per heavy atom. The highest BCUT2D eigenvalue weighted by Crippen LogP contribution is 2.23. The molecule has 4 nitrogen and oxygen atoms in total. The Kier molecular flexibility index (Phi) is 4.37. The maximum absolute atomic E-state index is 13.9. The molecule has 6 heteroatoms. The van der Waals surface area contributed by atoms with E-state index < -0.39 is 5.82 Å². The third-order valence-electron chi connectivity index (χ3n) is 3.10.